The van der Waals surface area contributed by atoms with Crippen molar-refractivity contribution in [3.63, 3.8) is 0 Å². The molecular formula is C24H31N5OS. The second-order valence-electron chi connectivity index (χ2n) is 7.52. The molecular weight excluding hydrogens is 406 g/mol. The third-order valence-electron chi connectivity index (χ3n) is 5.36. The smallest absolute Gasteiger partial charge is 0.235 e. The molecule has 0 spiro atoms. The van der Waals surface area contributed by atoms with Crippen molar-refractivity contribution >= 4 is 23.4 Å². The van der Waals surface area contributed by atoms with E-state index in [1.54, 1.807) is 4.90 Å². The van der Waals surface area contributed by atoms with Gasteiger partial charge >= 0.3 is 0 Å². The van der Waals surface area contributed by atoms with Gasteiger partial charge in [-0.3, -0.25) is 4.79 Å². The highest BCUT2D eigenvalue weighted by molar-refractivity contribution is 8.00. The summed E-state index contributed by atoms with van der Waals surface area (Å²) in [6, 6.07) is 18.4. The number of nitrogens with zero attached hydrogens (tertiary/aromatic N) is 5. The van der Waals surface area contributed by atoms with Gasteiger partial charge in [0, 0.05) is 45.0 Å². The Bertz CT molecular complexity index is 983. The van der Waals surface area contributed by atoms with Gasteiger partial charge in [-0.15, -0.1) is 10.2 Å². The van der Waals surface area contributed by atoms with Crippen molar-refractivity contribution < 1.29 is 4.79 Å². The largest absolute Gasteiger partial charge is 0.372 e. The summed E-state index contributed by atoms with van der Waals surface area (Å²) >= 11 is 1.44. The average molecular weight is 438 g/mol. The minimum Gasteiger partial charge on any atom is -0.372 e. The number of carbonyl (C=O) groups excluding carboxylic acids is 1. The van der Waals surface area contributed by atoms with Gasteiger partial charge in [0.2, 0.25) is 5.91 Å². The maximum Gasteiger partial charge on any atom is 0.235 e. The summed E-state index contributed by atoms with van der Waals surface area (Å²) in [4.78, 5) is 16.9. The quantitative estimate of drug-likeness (QED) is 0.463. The van der Waals surface area contributed by atoms with Crippen molar-refractivity contribution in [2.75, 3.05) is 25.0 Å². The van der Waals surface area contributed by atoms with Crippen LogP contribution in [0.3, 0.4) is 0 Å². The number of rotatable bonds is 9. The Morgan fingerprint density at radius 3 is 2.29 bits per heavy atom. The first kappa shape index (κ1) is 22.9. The minimum absolute atomic E-state index is 0.0713. The highest BCUT2D eigenvalue weighted by atomic mass is 32.2. The summed E-state index contributed by atoms with van der Waals surface area (Å²) in [5, 5.41) is 9.20. The summed E-state index contributed by atoms with van der Waals surface area (Å²) in [6.07, 6.45) is 0. The molecule has 3 rings (SSSR count). The molecule has 1 unspecified atom stereocenters. The van der Waals surface area contributed by atoms with Crippen LogP contribution in [-0.4, -0.2) is 51.0 Å². The van der Waals surface area contributed by atoms with Crippen LogP contribution in [-0.2, 0) is 18.4 Å². The van der Waals surface area contributed by atoms with Gasteiger partial charge in [-0.2, -0.15) is 0 Å². The first-order valence-corrected chi connectivity index (χ1v) is 11.5. The summed E-state index contributed by atoms with van der Waals surface area (Å²) < 4.78 is 1.96. The summed E-state index contributed by atoms with van der Waals surface area (Å²) in [7, 11) is 3.78. The van der Waals surface area contributed by atoms with Crippen LogP contribution >= 0.6 is 11.8 Å². The van der Waals surface area contributed by atoms with E-state index in [4.69, 9.17) is 0 Å². The third kappa shape index (κ3) is 5.47. The number of anilines is 1. The van der Waals surface area contributed by atoms with E-state index in [1.165, 1.54) is 17.4 Å². The van der Waals surface area contributed by atoms with Crippen molar-refractivity contribution in [1.29, 1.82) is 0 Å². The Labute approximate surface area is 189 Å². The Kier molecular flexibility index (Phi) is 7.74. The molecule has 0 fully saturated rings. The van der Waals surface area contributed by atoms with Crippen LogP contribution in [0.5, 0.6) is 0 Å². The van der Waals surface area contributed by atoms with E-state index in [1.807, 2.05) is 55.9 Å². The Morgan fingerprint density at radius 1 is 1.03 bits per heavy atom. The lowest BCUT2D eigenvalue weighted by molar-refractivity contribution is -0.129. The highest BCUT2D eigenvalue weighted by Gasteiger charge is 2.22. The molecule has 0 bridgehead atoms. The number of hydrogen-bond donors (Lipinski definition) is 0. The van der Waals surface area contributed by atoms with Crippen LogP contribution in [0.25, 0.3) is 11.4 Å². The fourth-order valence-corrected chi connectivity index (χ4v) is 4.46. The number of thioether (sulfide) groups is 1. The molecule has 0 saturated heterocycles. The maximum absolute atomic E-state index is 12.8. The predicted octanol–water partition coefficient (Wildman–Crippen LogP) is 4.47. The molecule has 0 N–H and O–H groups in total. The fraction of sp³-hybridized carbons (Fsp3) is 0.375. The summed E-state index contributed by atoms with van der Waals surface area (Å²) in [5.41, 5.74) is 3.33. The molecule has 2 aromatic carbocycles. The molecule has 1 amide bonds. The topological polar surface area (TPSA) is 54.3 Å². The number of benzene rings is 2. The van der Waals surface area contributed by atoms with Gasteiger partial charge in [0.25, 0.3) is 0 Å². The van der Waals surface area contributed by atoms with Gasteiger partial charge in [0.05, 0.1) is 5.25 Å². The first-order chi connectivity index (χ1) is 14.9. The number of amides is 1. The molecule has 0 aliphatic heterocycles. The lowest BCUT2D eigenvalue weighted by Crippen LogP contribution is -2.32. The molecule has 164 valence electrons. The molecule has 0 aliphatic rings. The second-order valence-corrected chi connectivity index (χ2v) is 8.83. The van der Waals surface area contributed by atoms with E-state index in [9.17, 15) is 4.79 Å². The Balaban J connectivity index is 1.67. The van der Waals surface area contributed by atoms with Gasteiger partial charge in [0.1, 0.15) is 0 Å². The lowest BCUT2D eigenvalue weighted by atomic mass is 10.2. The highest BCUT2D eigenvalue weighted by Crippen LogP contribution is 2.28. The fourth-order valence-electron chi connectivity index (χ4n) is 3.53. The van der Waals surface area contributed by atoms with Gasteiger partial charge in [-0.25, -0.2) is 0 Å². The van der Waals surface area contributed by atoms with Crippen molar-refractivity contribution in [1.82, 2.24) is 19.7 Å². The Morgan fingerprint density at radius 2 is 1.68 bits per heavy atom. The van der Waals surface area contributed by atoms with E-state index in [0.29, 0.717) is 6.54 Å². The van der Waals surface area contributed by atoms with Crippen molar-refractivity contribution in [3.8, 4) is 11.4 Å². The van der Waals surface area contributed by atoms with Crippen LogP contribution < -0.4 is 4.90 Å². The van der Waals surface area contributed by atoms with Crippen LogP contribution in [0.1, 0.15) is 26.3 Å². The SMILES string of the molecule is CCN(CC)c1ccc(-c2nnc(SC(C)C(=O)N(C)Cc3ccccc3)n2C)cc1. The standard InChI is InChI=1S/C24H31N5OS/c1-6-29(7-2)21-15-13-20(14-16-21)22-25-26-24(28(22)5)31-18(3)23(30)27(4)17-19-11-9-8-10-12-19/h8-16,18H,6-7,17H2,1-5H3. The van der Waals surface area contributed by atoms with E-state index >= 15 is 0 Å². The molecule has 0 saturated carbocycles. The number of hydrogen-bond acceptors (Lipinski definition) is 5. The van der Waals surface area contributed by atoms with E-state index in [0.717, 1.165) is 35.2 Å². The number of aromatic nitrogens is 3. The molecule has 0 aliphatic carbocycles. The molecule has 1 atom stereocenters. The lowest BCUT2D eigenvalue weighted by Gasteiger charge is -2.21. The zero-order chi connectivity index (χ0) is 22.4. The van der Waals surface area contributed by atoms with Crippen LogP contribution in [0, 0.1) is 0 Å². The molecule has 1 aromatic heterocycles. The van der Waals surface area contributed by atoms with E-state index in [-0.39, 0.29) is 11.2 Å². The average Bonchev–Trinajstić information content (AvgIpc) is 3.15. The van der Waals surface area contributed by atoms with Crippen LogP contribution in [0.2, 0.25) is 0 Å². The molecule has 1 heterocycles. The first-order valence-electron chi connectivity index (χ1n) is 10.6. The van der Waals surface area contributed by atoms with Gasteiger partial charge < -0.3 is 14.4 Å². The van der Waals surface area contributed by atoms with Crippen LogP contribution in [0.4, 0.5) is 5.69 Å². The number of carbonyl (C=O) groups is 1. The molecule has 0 radical (unpaired) electrons. The molecule has 6 nitrogen and oxygen atoms in total. The van der Waals surface area contributed by atoms with Gasteiger partial charge in [-0.05, 0) is 50.6 Å². The predicted molar refractivity (Wildman–Crippen MR) is 128 cm³/mol. The normalized spacial score (nSPS) is 11.9. The van der Waals surface area contributed by atoms with Crippen LogP contribution in [0.15, 0.2) is 59.8 Å². The zero-order valence-corrected chi connectivity index (χ0v) is 19.8. The maximum atomic E-state index is 12.8. The van der Waals surface area contributed by atoms with E-state index in [2.05, 4.69) is 53.2 Å². The molecule has 7 heteroatoms. The third-order valence-corrected chi connectivity index (χ3v) is 6.48. The van der Waals surface area contributed by atoms with Crippen molar-refractivity contribution in [3.05, 3.63) is 60.2 Å². The molecule has 31 heavy (non-hydrogen) atoms. The van der Waals surface area contributed by atoms with Gasteiger partial charge in [0.15, 0.2) is 11.0 Å². The van der Waals surface area contributed by atoms with Gasteiger partial charge in [-0.1, -0.05) is 42.1 Å². The van der Waals surface area contributed by atoms with E-state index < -0.39 is 0 Å². The molecule has 3 aromatic rings. The minimum atomic E-state index is -0.255. The Hall–Kier alpha value is -2.80. The van der Waals surface area contributed by atoms with Crippen molar-refractivity contribution in [2.45, 2.75) is 37.7 Å². The second kappa shape index (κ2) is 10.5. The summed E-state index contributed by atoms with van der Waals surface area (Å²) in [5.74, 6) is 0.868. The van der Waals surface area contributed by atoms with Crippen molar-refractivity contribution in [2.24, 2.45) is 7.05 Å². The zero-order valence-electron chi connectivity index (χ0n) is 18.9. The summed E-state index contributed by atoms with van der Waals surface area (Å²) in [6.45, 7) is 8.78. The monoisotopic (exact) mass is 437 g/mol.